The van der Waals surface area contributed by atoms with Crippen LogP contribution in [0.4, 0.5) is 17.1 Å². The standard InChI is InChI=1S/C46H39NO/c1-28-29(2)45(3,4)39-25-24-34-36-27-33(23-26-41(36)48-44(34)42(28)39)47(32-21-19-31(20-22-32)30-13-8-7-9-14-30)40-18-12-17-38-43(40)35-15-10-11-16-37(35)46(38,5)6/h7-27H,1-6H3. The average molecular weight is 622 g/mol. The van der Waals surface area contributed by atoms with E-state index < -0.39 is 0 Å². The van der Waals surface area contributed by atoms with Crippen LogP contribution in [0.5, 0.6) is 0 Å². The Morgan fingerprint density at radius 2 is 1.19 bits per heavy atom. The molecule has 0 N–H and O–H groups in total. The maximum Gasteiger partial charge on any atom is 0.143 e. The van der Waals surface area contributed by atoms with Gasteiger partial charge >= 0.3 is 0 Å². The third-order valence-electron chi connectivity index (χ3n) is 11.5. The highest BCUT2D eigenvalue weighted by Crippen LogP contribution is 2.55. The van der Waals surface area contributed by atoms with Gasteiger partial charge in [-0.15, -0.1) is 0 Å². The molecule has 0 saturated heterocycles. The molecule has 0 atom stereocenters. The van der Waals surface area contributed by atoms with E-state index >= 15 is 0 Å². The number of hydrogen-bond acceptors (Lipinski definition) is 2. The molecule has 0 radical (unpaired) electrons. The first-order valence-electron chi connectivity index (χ1n) is 17.0. The highest BCUT2D eigenvalue weighted by Gasteiger charge is 2.38. The molecule has 0 unspecified atom stereocenters. The van der Waals surface area contributed by atoms with Crippen molar-refractivity contribution in [3.05, 3.63) is 155 Å². The van der Waals surface area contributed by atoms with Crippen LogP contribution in [0.1, 0.15) is 63.8 Å². The van der Waals surface area contributed by atoms with Crippen molar-refractivity contribution in [2.45, 2.75) is 52.4 Å². The zero-order valence-electron chi connectivity index (χ0n) is 28.5. The van der Waals surface area contributed by atoms with E-state index in [-0.39, 0.29) is 10.8 Å². The summed E-state index contributed by atoms with van der Waals surface area (Å²) in [5.74, 6) is 0. The van der Waals surface area contributed by atoms with Crippen LogP contribution in [-0.2, 0) is 10.8 Å². The second-order valence-corrected chi connectivity index (χ2v) is 14.6. The molecule has 0 amide bonds. The summed E-state index contributed by atoms with van der Waals surface area (Å²) < 4.78 is 6.71. The van der Waals surface area contributed by atoms with E-state index in [2.05, 4.69) is 174 Å². The van der Waals surface area contributed by atoms with Crippen molar-refractivity contribution in [3.63, 3.8) is 0 Å². The highest BCUT2D eigenvalue weighted by atomic mass is 16.3. The van der Waals surface area contributed by atoms with E-state index in [1.165, 1.54) is 66.7 Å². The molecule has 1 aromatic heterocycles. The molecular weight excluding hydrogens is 583 g/mol. The number of rotatable bonds is 4. The van der Waals surface area contributed by atoms with Crippen molar-refractivity contribution < 1.29 is 4.42 Å². The van der Waals surface area contributed by atoms with Crippen LogP contribution < -0.4 is 4.90 Å². The first-order chi connectivity index (χ1) is 23.2. The van der Waals surface area contributed by atoms with Gasteiger partial charge in [0.1, 0.15) is 11.2 Å². The Morgan fingerprint density at radius 1 is 0.521 bits per heavy atom. The van der Waals surface area contributed by atoms with Gasteiger partial charge < -0.3 is 9.32 Å². The first-order valence-corrected chi connectivity index (χ1v) is 17.0. The summed E-state index contributed by atoms with van der Waals surface area (Å²) in [5, 5.41) is 2.30. The summed E-state index contributed by atoms with van der Waals surface area (Å²) in [4.78, 5) is 2.44. The lowest BCUT2D eigenvalue weighted by molar-refractivity contribution is 0.634. The van der Waals surface area contributed by atoms with Crippen LogP contribution in [0.15, 0.2) is 137 Å². The lowest BCUT2D eigenvalue weighted by Crippen LogP contribution is -2.16. The third-order valence-corrected chi connectivity index (χ3v) is 11.5. The lowest BCUT2D eigenvalue weighted by Gasteiger charge is -2.29. The topological polar surface area (TPSA) is 16.4 Å². The summed E-state index contributed by atoms with van der Waals surface area (Å²) in [6.07, 6.45) is 0. The SMILES string of the molecule is CC1=C(C)C(C)(C)c2ccc3c(oc4ccc(N(c5ccc(-c6ccccc6)cc5)c5cccc6c5-c5ccccc5C6(C)C)cc43)c21. The van der Waals surface area contributed by atoms with Gasteiger partial charge in [0, 0.05) is 44.1 Å². The molecular formula is C46H39NO. The summed E-state index contributed by atoms with van der Waals surface area (Å²) in [6.45, 7) is 13.9. The number of furan rings is 1. The van der Waals surface area contributed by atoms with Gasteiger partial charge in [-0.1, -0.05) is 124 Å². The molecule has 234 valence electrons. The highest BCUT2D eigenvalue weighted by molar-refractivity contribution is 6.11. The van der Waals surface area contributed by atoms with E-state index in [1.807, 2.05) is 0 Å². The van der Waals surface area contributed by atoms with Gasteiger partial charge in [-0.05, 0) is 89.2 Å². The Kier molecular flexibility index (Phi) is 6.06. The van der Waals surface area contributed by atoms with Crippen molar-refractivity contribution >= 4 is 44.6 Å². The monoisotopic (exact) mass is 621 g/mol. The number of allylic oxidation sites excluding steroid dienone is 2. The quantitative estimate of drug-likeness (QED) is 0.194. The number of hydrogen-bond donors (Lipinski definition) is 0. The predicted molar refractivity (Wildman–Crippen MR) is 203 cm³/mol. The van der Waals surface area contributed by atoms with E-state index in [0.29, 0.717) is 0 Å². The van der Waals surface area contributed by atoms with E-state index in [0.717, 1.165) is 27.9 Å². The molecule has 2 nitrogen and oxygen atoms in total. The van der Waals surface area contributed by atoms with Crippen LogP contribution in [0.2, 0.25) is 0 Å². The van der Waals surface area contributed by atoms with Gasteiger partial charge in [0.25, 0.3) is 0 Å². The molecule has 0 fully saturated rings. The minimum atomic E-state index is -0.0901. The van der Waals surface area contributed by atoms with E-state index in [4.69, 9.17) is 4.42 Å². The third kappa shape index (κ3) is 3.92. The predicted octanol–water partition coefficient (Wildman–Crippen LogP) is 13.1. The maximum atomic E-state index is 6.71. The van der Waals surface area contributed by atoms with Crippen molar-refractivity contribution in [1.82, 2.24) is 0 Å². The van der Waals surface area contributed by atoms with Crippen LogP contribution in [0.25, 0.3) is 49.8 Å². The minimum absolute atomic E-state index is 0.00178. The van der Waals surface area contributed by atoms with Gasteiger partial charge in [0.2, 0.25) is 0 Å². The van der Waals surface area contributed by atoms with Crippen molar-refractivity contribution in [2.75, 3.05) is 4.90 Å². The van der Waals surface area contributed by atoms with Gasteiger partial charge in [0.05, 0.1) is 5.69 Å². The molecule has 2 aliphatic carbocycles. The number of nitrogens with zero attached hydrogens (tertiary/aromatic N) is 1. The molecule has 2 aliphatic rings. The molecule has 2 heteroatoms. The molecule has 0 spiro atoms. The Balaban J connectivity index is 1.28. The molecule has 9 rings (SSSR count). The van der Waals surface area contributed by atoms with Gasteiger partial charge in [0.15, 0.2) is 0 Å². The second kappa shape index (κ2) is 10.1. The fraction of sp³-hybridized carbons (Fsp3) is 0.174. The van der Waals surface area contributed by atoms with Crippen molar-refractivity contribution in [1.29, 1.82) is 0 Å². The second-order valence-electron chi connectivity index (χ2n) is 14.6. The summed E-state index contributed by atoms with van der Waals surface area (Å²) >= 11 is 0. The number of anilines is 3. The number of fused-ring (bicyclic) bond motifs is 8. The molecule has 0 saturated carbocycles. The lowest BCUT2D eigenvalue weighted by atomic mass is 9.82. The maximum absolute atomic E-state index is 6.71. The zero-order valence-corrected chi connectivity index (χ0v) is 28.5. The molecule has 7 aromatic rings. The summed E-state index contributed by atoms with van der Waals surface area (Å²) in [7, 11) is 0. The fourth-order valence-electron chi connectivity index (χ4n) is 8.50. The Morgan fingerprint density at radius 3 is 1.98 bits per heavy atom. The molecule has 0 aliphatic heterocycles. The summed E-state index contributed by atoms with van der Waals surface area (Å²) in [5.41, 5.74) is 18.4. The Labute approximate surface area is 283 Å². The summed E-state index contributed by atoms with van der Waals surface area (Å²) in [6, 6.07) is 46.7. The molecule has 1 heterocycles. The first kappa shape index (κ1) is 28.8. The van der Waals surface area contributed by atoms with Gasteiger partial charge in [-0.2, -0.15) is 0 Å². The van der Waals surface area contributed by atoms with E-state index in [9.17, 15) is 0 Å². The minimum Gasteiger partial charge on any atom is -0.455 e. The molecule has 0 bridgehead atoms. The van der Waals surface area contributed by atoms with Crippen LogP contribution in [-0.4, -0.2) is 0 Å². The average Bonchev–Trinajstić information content (AvgIpc) is 3.66. The van der Waals surface area contributed by atoms with Crippen molar-refractivity contribution in [2.24, 2.45) is 0 Å². The smallest absolute Gasteiger partial charge is 0.143 e. The Bertz CT molecular complexity index is 2460. The Hall–Kier alpha value is -5.34. The van der Waals surface area contributed by atoms with Crippen LogP contribution >= 0.6 is 0 Å². The van der Waals surface area contributed by atoms with E-state index in [1.54, 1.807) is 0 Å². The largest absolute Gasteiger partial charge is 0.455 e. The molecule has 48 heavy (non-hydrogen) atoms. The van der Waals surface area contributed by atoms with Crippen molar-refractivity contribution in [3.8, 4) is 22.3 Å². The number of benzene rings is 6. The van der Waals surface area contributed by atoms with Crippen LogP contribution in [0.3, 0.4) is 0 Å². The molecule has 6 aromatic carbocycles. The van der Waals surface area contributed by atoms with Gasteiger partial charge in [-0.3, -0.25) is 0 Å². The normalized spacial score (nSPS) is 15.5. The fourth-order valence-corrected chi connectivity index (χ4v) is 8.50. The zero-order chi connectivity index (χ0) is 32.9. The van der Waals surface area contributed by atoms with Crippen LogP contribution in [0, 0.1) is 0 Å². The van der Waals surface area contributed by atoms with Gasteiger partial charge in [-0.25, -0.2) is 0 Å².